The van der Waals surface area contributed by atoms with Crippen LogP contribution in [-0.2, 0) is 49.6 Å². The molecule has 1 aromatic rings. The fourth-order valence-corrected chi connectivity index (χ4v) is 7.72. The standard InChI is InChI=1S/C47H78FN17O11/c48-28-10-5-9-27(23-28)24-34(42(71)60-30(12-2-4-18-50)41(70)62-33(46(75)76)14-7-21-57-47(55)56)63-43(72)35-15-8-22-65(35)45(74)32(13-6-19-51)59-37(67)26-58-40(69)31(16-20-52)61-44(73)38(36(66)25-53)64-39(68)29(54)11-1-3-17-49/h5,9-10,14,23,29-31,34-36,38,66H,1-4,6-8,11-13,15-22,24-26,49-54H2,(H,58,69)(H,60,71)(H,61,73)(H,62,70)(H,63,72)(H,64,68)(H,75,76)(H4,55,56,57)/b33-14-,59-32+/t29-,30-,31-,34-,35-,36-,38-/m0/s1. The van der Waals surface area contributed by atoms with E-state index in [0.717, 1.165) is 11.0 Å². The summed E-state index contributed by atoms with van der Waals surface area (Å²) in [6.07, 6.45) is 1.73. The summed E-state index contributed by atoms with van der Waals surface area (Å²) in [5.74, 6) is -9.63. The molecular formula is C47H78FN17O11. The van der Waals surface area contributed by atoms with Crippen molar-refractivity contribution in [3.63, 3.8) is 0 Å². The van der Waals surface area contributed by atoms with Crippen LogP contribution in [0, 0.1) is 11.2 Å². The zero-order valence-electron chi connectivity index (χ0n) is 42.7. The molecule has 1 aromatic carbocycles. The number of hydrogen-bond donors (Lipinski definition) is 17. The van der Waals surface area contributed by atoms with E-state index in [1.807, 2.05) is 0 Å². The van der Waals surface area contributed by atoms with Gasteiger partial charge in [-0.2, -0.15) is 0 Å². The zero-order chi connectivity index (χ0) is 56.7. The fraction of sp³-hybridized carbons (Fsp3) is 0.596. The van der Waals surface area contributed by atoms with Gasteiger partial charge in [0.05, 0.1) is 18.7 Å². The normalized spacial score (nSPS) is 15.9. The van der Waals surface area contributed by atoms with Gasteiger partial charge in [-0.25, -0.2) is 14.2 Å². The molecule has 1 aliphatic rings. The van der Waals surface area contributed by atoms with Gasteiger partial charge in [-0.3, -0.25) is 43.8 Å². The van der Waals surface area contributed by atoms with Crippen molar-refractivity contribution in [2.45, 2.75) is 126 Å². The molecular weight excluding hydrogens is 998 g/mol. The first kappa shape index (κ1) is 65.1. The van der Waals surface area contributed by atoms with Crippen LogP contribution in [0.4, 0.5) is 4.39 Å². The molecule has 0 unspecified atom stereocenters. The third-order valence-electron chi connectivity index (χ3n) is 11.8. The number of carboxylic acid groups (broad SMARTS) is 1. The highest BCUT2D eigenvalue weighted by atomic mass is 19.1. The average molecular weight is 1080 g/mol. The molecule has 24 N–H and O–H groups in total. The van der Waals surface area contributed by atoms with Crippen LogP contribution in [0.25, 0.3) is 0 Å². The van der Waals surface area contributed by atoms with E-state index < -0.39 is 120 Å². The Hall–Kier alpha value is -7.02. The van der Waals surface area contributed by atoms with E-state index >= 15 is 0 Å². The lowest BCUT2D eigenvalue weighted by atomic mass is 10.0. The number of aliphatic carboxylic acids is 1. The number of hydrogen-bond acceptors (Lipinski definition) is 17. The molecule has 424 valence electrons. The summed E-state index contributed by atoms with van der Waals surface area (Å²) in [7, 11) is 0. The molecule has 0 saturated carbocycles. The first-order valence-corrected chi connectivity index (χ1v) is 25.1. The minimum Gasteiger partial charge on any atom is -0.477 e. The molecule has 1 heterocycles. The number of rotatable bonds is 35. The topological polar surface area (TPSA) is 500 Å². The number of carbonyl (C=O) groups excluding carboxylic acids is 8. The van der Waals surface area contributed by atoms with Crippen molar-refractivity contribution >= 4 is 64.9 Å². The number of guanidine groups is 1. The van der Waals surface area contributed by atoms with Crippen LogP contribution in [0.2, 0.25) is 0 Å². The van der Waals surface area contributed by atoms with E-state index in [1.54, 1.807) is 0 Å². The van der Waals surface area contributed by atoms with Crippen LogP contribution in [0.15, 0.2) is 41.0 Å². The number of halogens is 1. The number of aliphatic hydroxyl groups excluding tert-OH is 1. The quantitative estimate of drug-likeness (QED) is 0.0130. The van der Waals surface area contributed by atoms with Gasteiger partial charge in [-0.15, -0.1) is 0 Å². The summed E-state index contributed by atoms with van der Waals surface area (Å²) in [6.45, 7) is -0.588. The highest BCUT2D eigenvalue weighted by Crippen LogP contribution is 2.20. The molecule has 76 heavy (non-hydrogen) atoms. The number of unbranched alkanes of at least 4 members (excludes halogenated alkanes) is 2. The van der Waals surface area contributed by atoms with Gasteiger partial charge >= 0.3 is 5.97 Å². The van der Waals surface area contributed by atoms with Crippen LogP contribution in [0.5, 0.6) is 0 Å². The largest absolute Gasteiger partial charge is 0.477 e. The Bertz CT molecular complexity index is 2200. The number of aliphatic imine (C=N–C) groups is 1. The van der Waals surface area contributed by atoms with E-state index in [1.165, 1.54) is 24.3 Å². The van der Waals surface area contributed by atoms with Gasteiger partial charge in [0.15, 0.2) is 5.96 Å². The number of nitrogens with one attached hydrogen (secondary N) is 8. The Balaban J connectivity index is 2.34. The number of nitrogens with two attached hydrogens (primary N) is 7. The molecule has 1 saturated heterocycles. The molecule has 7 atom stereocenters. The van der Waals surface area contributed by atoms with Crippen LogP contribution in [0.1, 0.15) is 82.6 Å². The lowest BCUT2D eigenvalue weighted by Crippen LogP contribution is -2.61. The number of benzene rings is 1. The van der Waals surface area contributed by atoms with Gasteiger partial charge in [0, 0.05) is 26.1 Å². The van der Waals surface area contributed by atoms with Gasteiger partial charge in [0.25, 0.3) is 11.8 Å². The van der Waals surface area contributed by atoms with Crippen LogP contribution < -0.4 is 77.4 Å². The number of carboxylic acids is 1. The van der Waals surface area contributed by atoms with Crippen molar-refractivity contribution in [1.82, 2.24) is 42.1 Å². The number of carbonyl (C=O) groups is 9. The lowest BCUT2D eigenvalue weighted by molar-refractivity contribution is -0.137. The highest BCUT2D eigenvalue weighted by molar-refractivity contribution is 6.40. The zero-order valence-corrected chi connectivity index (χ0v) is 42.7. The predicted octanol–water partition coefficient (Wildman–Crippen LogP) is -5.67. The Morgan fingerprint density at radius 2 is 1.45 bits per heavy atom. The molecule has 29 heteroatoms. The molecule has 2 rings (SSSR count). The number of likely N-dealkylation sites (tertiary alicyclic amines) is 1. The number of aliphatic hydroxyl groups is 1. The SMILES string of the molecule is N=C(N)NCC/C=C(\NC(=O)[C@H](CCCCN)NC(=O)[C@H](Cc1cccc(F)c1)NC(=O)[C@@H]1CCCN1C(=O)/C(CCCN)=N/C(=O)CNC(=O)[C@H](CCN)NC(=O)[C@@H](NC(=O)[C@@H](N)CCCCN)[C@@H](O)CN)C(=O)O. The van der Waals surface area contributed by atoms with Crippen LogP contribution in [-0.4, -0.2) is 175 Å². The third kappa shape index (κ3) is 23.3. The van der Waals surface area contributed by atoms with Crippen molar-refractivity contribution in [2.75, 3.05) is 52.4 Å². The van der Waals surface area contributed by atoms with Crippen molar-refractivity contribution < 1.29 is 57.8 Å². The lowest BCUT2D eigenvalue weighted by Gasteiger charge is -2.28. The van der Waals surface area contributed by atoms with E-state index in [0.29, 0.717) is 38.6 Å². The minimum absolute atomic E-state index is 0.00839. The van der Waals surface area contributed by atoms with Gasteiger partial charge in [0.1, 0.15) is 47.4 Å². The third-order valence-corrected chi connectivity index (χ3v) is 11.8. The van der Waals surface area contributed by atoms with Gasteiger partial charge in [-0.1, -0.05) is 24.6 Å². The summed E-state index contributed by atoms with van der Waals surface area (Å²) < 4.78 is 14.4. The Labute approximate surface area is 439 Å². The summed E-state index contributed by atoms with van der Waals surface area (Å²) in [5.41, 5.74) is 38.9. The molecule has 1 aliphatic heterocycles. The van der Waals surface area contributed by atoms with Crippen LogP contribution >= 0.6 is 0 Å². The Morgan fingerprint density at radius 1 is 0.789 bits per heavy atom. The Kier molecular flexibility index (Phi) is 30.2. The van der Waals surface area contributed by atoms with Crippen molar-refractivity contribution in [3.8, 4) is 0 Å². The smallest absolute Gasteiger partial charge is 0.352 e. The van der Waals surface area contributed by atoms with Crippen molar-refractivity contribution in [2.24, 2.45) is 45.1 Å². The van der Waals surface area contributed by atoms with E-state index in [-0.39, 0.29) is 101 Å². The maximum Gasteiger partial charge on any atom is 0.352 e. The number of nitrogens with zero attached hydrogens (tertiary/aromatic N) is 2. The molecule has 28 nitrogen and oxygen atoms in total. The van der Waals surface area contributed by atoms with E-state index in [4.69, 9.17) is 45.5 Å². The minimum atomic E-state index is -1.62. The molecule has 0 aliphatic carbocycles. The maximum absolute atomic E-state index is 14.4. The second-order valence-corrected chi connectivity index (χ2v) is 17.8. The first-order valence-electron chi connectivity index (χ1n) is 25.1. The summed E-state index contributed by atoms with van der Waals surface area (Å²) in [5, 5.41) is 44.7. The maximum atomic E-state index is 14.4. The van der Waals surface area contributed by atoms with Gasteiger partial charge in [0.2, 0.25) is 35.4 Å². The summed E-state index contributed by atoms with van der Waals surface area (Å²) in [4.78, 5) is 126. The first-order chi connectivity index (χ1) is 36.2. The molecule has 0 spiro atoms. The van der Waals surface area contributed by atoms with E-state index in [9.17, 15) is 57.8 Å². The summed E-state index contributed by atoms with van der Waals surface area (Å²) >= 11 is 0. The molecule has 1 fully saturated rings. The highest BCUT2D eigenvalue weighted by Gasteiger charge is 2.39. The van der Waals surface area contributed by atoms with Crippen molar-refractivity contribution in [3.05, 3.63) is 47.4 Å². The second kappa shape index (κ2) is 35.3. The van der Waals surface area contributed by atoms with Gasteiger partial charge in [-0.05, 0) is 115 Å². The van der Waals surface area contributed by atoms with E-state index in [2.05, 4.69) is 42.2 Å². The average Bonchev–Trinajstić information content (AvgIpc) is 3.88. The molecule has 8 amide bonds. The summed E-state index contributed by atoms with van der Waals surface area (Å²) in [6, 6.07) is -2.92. The van der Waals surface area contributed by atoms with Gasteiger partial charge < -0.3 is 92.5 Å². The van der Waals surface area contributed by atoms with Crippen molar-refractivity contribution in [1.29, 1.82) is 5.41 Å². The monoisotopic (exact) mass is 1080 g/mol. The molecule has 0 bridgehead atoms. The van der Waals surface area contributed by atoms with Crippen LogP contribution in [0.3, 0.4) is 0 Å². The predicted molar refractivity (Wildman–Crippen MR) is 277 cm³/mol. The Morgan fingerprint density at radius 3 is 2.07 bits per heavy atom. The number of amides is 8. The fourth-order valence-electron chi connectivity index (χ4n) is 7.72. The molecule has 0 radical (unpaired) electrons. The second-order valence-electron chi connectivity index (χ2n) is 17.8. The molecule has 0 aromatic heterocycles.